The Bertz CT molecular complexity index is 1420. The van der Waals surface area contributed by atoms with Gasteiger partial charge in [-0.2, -0.15) is 4.31 Å². The van der Waals surface area contributed by atoms with E-state index in [2.05, 4.69) is 5.32 Å². The van der Waals surface area contributed by atoms with E-state index in [1.807, 2.05) is 68.4 Å². The molecule has 0 saturated heterocycles. The maximum Gasteiger partial charge on any atom is 0.243 e. The van der Waals surface area contributed by atoms with Crippen molar-refractivity contribution >= 4 is 21.8 Å². The summed E-state index contributed by atoms with van der Waals surface area (Å²) in [5.41, 5.74) is 3.80. The van der Waals surface area contributed by atoms with Crippen LogP contribution in [0.1, 0.15) is 54.4 Å². The highest BCUT2D eigenvalue weighted by molar-refractivity contribution is 7.89. The Labute approximate surface area is 244 Å². The zero-order valence-electron chi connectivity index (χ0n) is 24.3. The first-order valence-corrected chi connectivity index (χ1v) is 15.8. The molecule has 7 nitrogen and oxygen atoms in total. The Morgan fingerprint density at radius 2 is 1.51 bits per heavy atom. The number of carbonyl (C=O) groups is 2. The molecule has 1 saturated carbocycles. The lowest BCUT2D eigenvalue weighted by atomic mass is 9.94. The number of nitrogens with one attached hydrogen (secondary N) is 1. The minimum atomic E-state index is -3.91. The van der Waals surface area contributed by atoms with Crippen molar-refractivity contribution < 1.29 is 18.0 Å². The van der Waals surface area contributed by atoms with Crippen LogP contribution in [0.25, 0.3) is 0 Å². The Morgan fingerprint density at radius 1 is 0.854 bits per heavy atom. The average Bonchev–Trinajstić information content (AvgIpc) is 2.96. The van der Waals surface area contributed by atoms with E-state index in [4.69, 9.17) is 0 Å². The van der Waals surface area contributed by atoms with Crippen LogP contribution in [0.3, 0.4) is 0 Å². The number of hydrogen-bond acceptors (Lipinski definition) is 4. The number of nitrogens with zero attached hydrogens (tertiary/aromatic N) is 2. The predicted octanol–water partition coefficient (Wildman–Crippen LogP) is 5.01. The Kier molecular flexibility index (Phi) is 10.3. The molecular formula is C33H41N3O4S. The van der Waals surface area contributed by atoms with Gasteiger partial charge in [0.1, 0.15) is 6.04 Å². The van der Waals surface area contributed by atoms with Crippen molar-refractivity contribution in [2.75, 3.05) is 13.6 Å². The number of rotatable bonds is 11. The van der Waals surface area contributed by atoms with Gasteiger partial charge in [-0.15, -0.1) is 0 Å². The smallest absolute Gasteiger partial charge is 0.243 e. The summed E-state index contributed by atoms with van der Waals surface area (Å²) in [6.07, 6.45) is 5.48. The Balaban J connectivity index is 1.66. The van der Waals surface area contributed by atoms with Crippen LogP contribution >= 0.6 is 0 Å². The van der Waals surface area contributed by atoms with Crippen molar-refractivity contribution in [1.29, 1.82) is 0 Å². The molecule has 8 heteroatoms. The van der Waals surface area contributed by atoms with E-state index < -0.39 is 22.0 Å². The number of aryl methyl sites for hydroxylation is 2. The van der Waals surface area contributed by atoms with E-state index in [0.717, 1.165) is 52.2 Å². The second-order valence-electron chi connectivity index (χ2n) is 11.1. The summed E-state index contributed by atoms with van der Waals surface area (Å²) >= 11 is 0. The molecule has 1 aliphatic rings. The van der Waals surface area contributed by atoms with Crippen LogP contribution in [0, 0.1) is 13.8 Å². The third-order valence-corrected chi connectivity index (χ3v) is 9.56. The average molecular weight is 576 g/mol. The second kappa shape index (κ2) is 13.9. The van der Waals surface area contributed by atoms with Crippen LogP contribution < -0.4 is 5.32 Å². The van der Waals surface area contributed by atoms with E-state index in [1.165, 1.54) is 13.5 Å². The van der Waals surface area contributed by atoms with Gasteiger partial charge in [0, 0.05) is 26.1 Å². The lowest BCUT2D eigenvalue weighted by Crippen LogP contribution is -2.54. The first-order valence-electron chi connectivity index (χ1n) is 14.4. The molecule has 1 aliphatic carbocycles. The highest BCUT2D eigenvalue weighted by Crippen LogP contribution is 2.21. The summed E-state index contributed by atoms with van der Waals surface area (Å²) in [7, 11) is -2.50. The molecule has 2 amide bonds. The van der Waals surface area contributed by atoms with Gasteiger partial charge in [-0.3, -0.25) is 9.59 Å². The molecule has 0 unspecified atom stereocenters. The Hall–Kier alpha value is -3.49. The Morgan fingerprint density at radius 3 is 2.17 bits per heavy atom. The highest BCUT2D eigenvalue weighted by atomic mass is 32.2. The summed E-state index contributed by atoms with van der Waals surface area (Å²) in [6, 6.07) is 23.3. The highest BCUT2D eigenvalue weighted by Gasteiger charge is 2.34. The predicted molar refractivity (Wildman–Crippen MR) is 162 cm³/mol. The molecule has 0 spiro atoms. The fraction of sp³-hybridized carbons (Fsp3) is 0.394. The van der Waals surface area contributed by atoms with Gasteiger partial charge in [-0.25, -0.2) is 8.42 Å². The van der Waals surface area contributed by atoms with Crippen LogP contribution in [0.15, 0.2) is 83.8 Å². The van der Waals surface area contributed by atoms with Gasteiger partial charge in [0.2, 0.25) is 21.8 Å². The van der Waals surface area contributed by atoms with Crippen LogP contribution in [0.5, 0.6) is 0 Å². The maximum absolute atomic E-state index is 14.0. The van der Waals surface area contributed by atoms with Crippen LogP contribution in [-0.2, 0) is 32.6 Å². The summed E-state index contributed by atoms with van der Waals surface area (Å²) in [4.78, 5) is 29.6. The molecule has 218 valence electrons. The van der Waals surface area contributed by atoms with Gasteiger partial charge in [0.05, 0.1) is 11.4 Å². The van der Waals surface area contributed by atoms with Gasteiger partial charge < -0.3 is 10.2 Å². The van der Waals surface area contributed by atoms with E-state index in [0.29, 0.717) is 6.42 Å². The van der Waals surface area contributed by atoms with Crippen LogP contribution in [0.4, 0.5) is 0 Å². The molecule has 3 aromatic carbocycles. The van der Waals surface area contributed by atoms with Crippen molar-refractivity contribution in [2.45, 2.75) is 75.9 Å². The fourth-order valence-corrected chi connectivity index (χ4v) is 6.48. The fourth-order valence-electron chi connectivity index (χ4n) is 5.36. The topological polar surface area (TPSA) is 86.8 Å². The summed E-state index contributed by atoms with van der Waals surface area (Å²) in [5, 5.41) is 3.22. The van der Waals surface area contributed by atoms with Gasteiger partial charge in [0.25, 0.3) is 0 Å². The molecule has 0 aromatic heterocycles. The van der Waals surface area contributed by atoms with Crippen molar-refractivity contribution in [2.24, 2.45) is 0 Å². The third-order valence-electron chi connectivity index (χ3n) is 7.75. The molecule has 4 rings (SSSR count). The van der Waals surface area contributed by atoms with Gasteiger partial charge in [0.15, 0.2) is 0 Å². The molecule has 0 heterocycles. The normalized spacial score (nSPS) is 14.9. The lowest BCUT2D eigenvalue weighted by Gasteiger charge is -2.34. The van der Waals surface area contributed by atoms with Crippen LogP contribution in [-0.4, -0.2) is 55.1 Å². The molecule has 0 bridgehead atoms. The van der Waals surface area contributed by atoms with Crippen molar-refractivity contribution in [3.05, 3.63) is 101 Å². The number of likely N-dealkylation sites (N-methyl/N-ethyl adjacent to an activating group) is 1. The van der Waals surface area contributed by atoms with Gasteiger partial charge in [-0.1, -0.05) is 97.1 Å². The first kappa shape index (κ1) is 30.5. The zero-order chi connectivity index (χ0) is 29.4. The SMILES string of the molecule is Cc1ccc(S(=O)(=O)N(C)CC(=O)N(Cc2cccc(C)c2)[C@@H](Cc2ccccc2)C(=O)NC2CCCCC2)cc1. The first-order chi connectivity index (χ1) is 19.6. The monoisotopic (exact) mass is 575 g/mol. The number of sulfonamides is 1. The molecule has 1 fully saturated rings. The number of benzene rings is 3. The molecule has 1 N–H and O–H groups in total. The molecule has 3 aromatic rings. The minimum Gasteiger partial charge on any atom is -0.352 e. The van der Waals surface area contributed by atoms with Crippen molar-refractivity contribution in [3.8, 4) is 0 Å². The van der Waals surface area contributed by atoms with Crippen molar-refractivity contribution in [1.82, 2.24) is 14.5 Å². The molecule has 0 radical (unpaired) electrons. The van der Waals surface area contributed by atoms with E-state index in [1.54, 1.807) is 29.2 Å². The molecule has 1 atom stereocenters. The van der Waals surface area contributed by atoms with E-state index in [9.17, 15) is 18.0 Å². The largest absolute Gasteiger partial charge is 0.352 e. The van der Waals surface area contributed by atoms with Gasteiger partial charge in [-0.05, 0) is 49.9 Å². The van der Waals surface area contributed by atoms with E-state index >= 15 is 0 Å². The van der Waals surface area contributed by atoms with Gasteiger partial charge >= 0.3 is 0 Å². The zero-order valence-corrected chi connectivity index (χ0v) is 25.1. The van der Waals surface area contributed by atoms with E-state index in [-0.39, 0.29) is 29.9 Å². The van der Waals surface area contributed by atoms with Crippen LogP contribution in [0.2, 0.25) is 0 Å². The molecule has 0 aliphatic heterocycles. The lowest BCUT2D eigenvalue weighted by molar-refractivity contribution is -0.141. The number of amides is 2. The minimum absolute atomic E-state index is 0.0787. The molecule has 41 heavy (non-hydrogen) atoms. The number of carbonyl (C=O) groups excluding carboxylic acids is 2. The summed E-state index contributed by atoms with van der Waals surface area (Å²) in [6.45, 7) is 3.67. The standard InChI is InChI=1S/C33H41N3O4S/c1-25-17-19-30(20-18-25)41(39,40)35(3)24-32(37)36(23-28-14-10-11-26(2)21-28)31(22-27-12-6-4-7-13-27)33(38)34-29-15-8-5-9-16-29/h4,6-7,10-14,17-21,29,31H,5,8-9,15-16,22-24H2,1-3H3,(H,34,38)/t31-/m0/s1. The molecular weight excluding hydrogens is 534 g/mol. The second-order valence-corrected chi connectivity index (χ2v) is 13.2. The third kappa shape index (κ3) is 8.27. The summed E-state index contributed by atoms with van der Waals surface area (Å²) in [5.74, 6) is -0.629. The maximum atomic E-state index is 14.0. The number of hydrogen-bond donors (Lipinski definition) is 1. The quantitative estimate of drug-likeness (QED) is 0.348. The summed E-state index contributed by atoms with van der Waals surface area (Å²) < 4.78 is 27.7. The van der Waals surface area contributed by atoms with Crippen molar-refractivity contribution in [3.63, 3.8) is 0 Å².